The molecule has 0 heterocycles. The second kappa shape index (κ2) is 5.59. The molecule has 1 aromatic carbocycles. The molecular formula is C15H15Cl3O2. The smallest absolute Gasteiger partial charge is 0.309 e. The Kier molecular flexibility index (Phi) is 4.38. The highest BCUT2D eigenvalue weighted by Crippen LogP contribution is 2.63. The van der Waals surface area contributed by atoms with Crippen LogP contribution < -0.4 is 0 Å². The fraction of sp³-hybridized carbons (Fsp3) is 0.400. The Balaban J connectivity index is 2.26. The number of halogens is 3. The number of rotatable bonds is 3. The molecule has 0 aliphatic heterocycles. The molecule has 0 spiro atoms. The summed E-state index contributed by atoms with van der Waals surface area (Å²) in [6.07, 6.45) is 1.79. The lowest BCUT2D eigenvalue weighted by molar-refractivity contribution is -0.143. The maximum absolute atomic E-state index is 11.7. The SMILES string of the molecule is COC(=O)C1C(/C(Cl)=C/c2ccc(Cl)cc2Cl)C1(C)C. The molecule has 1 saturated carbocycles. The summed E-state index contributed by atoms with van der Waals surface area (Å²) >= 11 is 18.3. The van der Waals surface area contributed by atoms with Gasteiger partial charge in [0, 0.05) is 21.0 Å². The minimum atomic E-state index is -0.228. The van der Waals surface area contributed by atoms with E-state index in [0.717, 1.165) is 5.56 Å². The molecule has 0 saturated heterocycles. The van der Waals surface area contributed by atoms with Gasteiger partial charge in [-0.15, -0.1) is 0 Å². The molecule has 2 nitrogen and oxygen atoms in total. The third kappa shape index (κ3) is 2.83. The second-order valence-corrected chi connectivity index (χ2v) is 6.77. The molecule has 2 unspecified atom stereocenters. The fourth-order valence-corrected chi connectivity index (χ4v) is 3.56. The van der Waals surface area contributed by atoms with Crippen molar-refractivity contribution in [1.82, 2.24) is 0 Å². The molecule has 0 amide bonds. The molecule has 1 fully saturated rings. The van der Waals surface area contributed by atoms with Gasteiger partial charge in [-0.05, 0) is 29.2 Å². The monoisotopic (exact) mass is 332 g/mol. The van der Waals surface area contributed by atoms with Crippen molar-refractivity contribution in [2.75, 3.05) is 7.11 Å². The van der Waals surface area contributed by atoms with Gasteiger partial charge < -0.3 is 4.74 Å². The van der Waals surface area contributed by atoms with E-state index in [9.17, 15) is 4.79 Å². The van der Waals surface area contributed by atoms with Crippen LogP contribution in [-0.2, 0) is 9.53 Å². The van der Waals surface area contributed by atoms with E-state index in [1.54, 1.807) is 24.3 Å². The zero-order valence-corrected chi connectivity index (χ0v) is 13.7. The zero-order valence-electron chi connectivity index (χ0n) is 11.4. The van der Waals surface area contributed by atoms with Crippen molar-refractivity contribution in [1.29, 1.82) is 0 Å². The van der Waals surface area contributed by atoms with Gasteiger partial charge in [-0.2, -0.15) is 0 Å². The molecule has 1 aliphatic rings. The fourth-order valence-electron chi connectivity index (χ4n) is 2.58. The van der Waals surface area contributed by atoms with Gasteiger partial charge in [0.2, 0.25) is 0 Å². The largest absolute Gasteiger partial charge is 0.469 e. The summed E-state index contributed by atoms with van der Waals surface area (Å²) in [6, 6.07) is 5.21. The first kappa shape index (κ1) is 15.7. The second-order valence-electron chi connectivity index (χ2n) is 5.49. The van der Waals surface area contributed by atoms with Crippen LogP contribution in [-0.4, -0.2) is 13.1 Å². The first-order valence-corrected chi connectivity index (χ1v) is 7.32. The molecular weight excluding hydrogens is 319 g/mol. The number of esters is 1. The van der Waals surface area contributed by atoms with Gasteiger partial charge in [-0.1, -0.05) is 54.7 Å². The van der Waals surface area contributed by atoms with Crippen molar-refractivity contribution < 1.29 is 9.53 Å². The number of ether oxygens (including phenoxy) is 1. The van der Waals surface area contributed by atoms with Gasteiger partial charge in [0.05, 0.1) is 13.0 Å². The summed E-state index contributed by atoms with van der Waals surface area (Å²) in [5.74, 6) is -0.473. The molecule has 0 N–H and O–H groups in total. The standard InChI is InChI=1S/C15H15Cl3O2/c1-15(2)12(13(15)14(19)20-3)11(18)6-8-4-5-9(16)7-10(8)17/h4-7,12-13H,1-3H3/b11-6-. The lowest BCUT2D eigenvalue weighted by Crippen LogP contribution is -2.07. The van der Waals surface area contributed by atoms with E-state index in [1.165, 1.54) is 7.11 Å². The Bertz CT molecular complexity index is 578. The van der Waals surface area contributed by atoms with Crippen LogP contribution in [0.15, 0.2) is 23.2 Å². The van der Waals surface area contributed by atoms with Crippen LogP contribution >= 0.6 is 34.8 Å². The molecule has 0 aromatic heterocycles. The molecule has 2 atom stereocenters. The first-order chi connectivity index (χ1) is 9.28. The summed E-state index contributed by atoms with van der Waals surface area (Å²) in [7, 11) is 1.39. The quantitative estimate of drug-likeness (QED) is 0.726. The van der Waals surface area contributed by atoms with Crippen molar-refractivity contribution in [3.8, 4) is 0 Å². The zero-order chi connectivity index (χ0) is 15.1. The molecule has 0 bridgehead atoms. The Hall–Kier alpha value is -0.700. The number of carbonyl (C=O) groups excluding carboxylic acids is 1. The average molecular weight is 334 g/mol. The number of benzene rings is 1. The van der Waals surface area contributed by atoms with E-state index >= 15 is 0 Å². The molecule has 2 rings (SSSR count). The van der Waals surface area contributed by atoms with Crippen LogP contribution in [0.1, 0.15) is 19.4 Å². The van der Waals surface area contributed by atoms with Gasteiger partial charge in [0.1, 0.15) is 0 Å². The van der Waals surface area contributed by atoms with E-state index in [0.29, 0.717) is 15.1 Å². The van der Waals surface area contributed by atoms with E-state index in [-0.39, 0.29) is 23.2 Å². The Labute approximate surface area is 133 Å². The average Bonchev–Trinajstić information content (AvgIpc) is 2.95. The third-order valence-corrected chi connectivity index (χ3v) is 4.74. The first-order valence-electron chi connectivity index (χ1n) is 6.19. The molecule has 5 heteroatoms. The van der Waals surface area contributed by atoms with Crippen LogP contribution in [0.5, 0.6) is 0 Å². The van der Waals surface area contributed by atoms with Crippen LogP contribution in [0, 0.1) is 17.3 Å². The Morgan fingerprint density at radius 3 is 2.50 bits per heavy atom. The number of methoxy groups -OCH3 is 1. The lowest BCUT2D eigenvalue weighted by atomic mass is 10.1. The summed E-state index contributed by atoms with van der Waals surface area (Å²) < 4.78 is 4.81. The highest BCUT2D eigenvalue weighted by Gasteiger charge is 2.63. The van der Waals surface area contributed by atoms with Crippen molar-refractivity contribution >= 4 is 46.8 Å². The van der Waals surface area contributed by atoms with Crippen LogP contribution in [0.25, 0.3) is 6.08 Å². The highest BCUT2D eigenvalue weighted by molar-refractivity contribution is 6.36. The molecule has 1 aromatic rings. The van der Waals surface area contributed by atoms with Gasteiger partial charge in [0.25, 0.3) is 0 Å². The van der Waals surface area contributed by atoms with Crippen molar-refractivity contribution in [3.63, 3.8) is 0 Å². The minimum absolute atomic E-state index is 0.0386. The number of allylic oxidation sites excluding steroid dienone is 1. The number of hydrogen-bond donors (Lipinski definition) is 0. The maximum Gasteiger partial charge on any atom is 0.309 e. The van der Waals surface area contributed by atoms with E-state index in [4.69, 9.17) is 39.5 Å². The van der Waals surface area contributed by atoms with Crippen LogP contribution in [0.2, 0.25) is 10.0 Å². The van der Waals surface area contributed by atoms with Crippen molar-refractivity contribution in [3.05, 3.63) is 38.8 Å². The van der Waals surface area contributed by atoms with E-state index in [2.05, 4.69) is 0 Å². The predicted molar refractivity (Wildman–Crippen MR) is 83.1 cm³/mol. The Morgan fingerprint density at radius 2 is 1.95 bits per heavy atom. The van der Waals surface area contributed by atoms with Gasteiger partial charge in [0.15, 0.2) is 0 Å². The topological polar surface area (TPSA) is 26.3 Å². The van der Waals surface area contributed by atoms with Gasteiger partial charge in [-0.25, -0.2) is 0 Å². The lowest BCUT2D eigenvalue weighted by Gasteiger charge is -2.03. The number of hydrogen-bond acceptors (Lipinski definition) is 2. The summed E-state index contributed by atoms with van der Waals surface area (Å²) in [5, 5.41) is 1.71. The normalized spacial score (nSPS) is 24.4. The molecule has 1 aliphatic carbocycles. The van der Waals surface area contributed by atoms with E-state index < -0.39 is 0 Å². The predicted octanol–water partition coefficient (Wildman–Crippen LogP) is 5.02. The third-order valence-electron chi connectivity index (χ3n) is 3.84. The summed E-state index contributed by atoms with van der Waals surface area (Å²) in [4.78, 5) is 11.7. The van der Waals surface area contributed by atoms with Gasteiger partial charge in [-0.3, -0.25) is 4.79 Å². The maximum atomic E-state index is 11.7. The number of carbonyl (C=O) groups is 1. The molecule has 20 heavy (non-hydrogen) atoms. The summed E-state index contributed by atoms with van der Waals surface area (Å²) in [6.45, 7) is 4.00. The van der Waals surface area contributed by atoms with Crippen molar-refractivity contribution in [2.24, 2.45) is 17.3 Å². The Morgan fingerprint density at radius 1 is 1.30 bits per heavy atom. The van der Waals surface area contributed by atoms with E-state index in [1.807, 2.05) is 13.8 Å². The molecule has 0 radical (unpaired) electrons. The van der Waals surface area contributed by atoms with Gasteiger partial charge >= 0.3 is 5.97 Å². The van der Waals surface area contributed by atoms with Crippen molar-refractivity contribution in [2.45, 2.75) is 13.8 Å². The molecule has 108 valence electrons. The van der Waals surface area contributed by atoms with Crippen LogP contribution in [0.4, 0.5) is 0 Å². The highest BCUT2D eigenvalue weighted by atomic mass is 35.5. The summed E-state index contributed by atoms with van der Waals surface area (Å²) in [5.41, 5.74) is 0.590. The van der Waals surface area contributed by atoms with Crippen LogP contribution in [0.3, 0.4) is 0 Å². The minimum Gasteiger partial charge on any atom is -0.469 e.